The summed E-state index contributed by atoms with van der Waals surface area (Å²) in [5.41, 5.74) is 0.561. The summed E-state index contributed by atoms with van der Waals surface area (Å²) < 4.78 is 5.33. The number of anilines is 1. The van der Waals surface area contributed by atoms with Crippen LogP contribution in [0.3, 0.4) is 0 Å². The van der Waals surface area contributed by atoms with E-state index in [2.05, 4.69) is 10.2 Å². The number of carbonyl (C=O) groups is 2. The fourth-order valence-corrected chi connectivity index (χ4v) is 2.45. The van der Waals surface area contributed by atoms with Gasteiger partial charge in [0.2, 0.25) is 0 Å². The number of nitrogens with one attached hydrogen (secondary N) is 1. The standard InChI is InChI=1S/C16H23N3O4/c1-2-23-14-5-3-13(4-6-14)17-15(21)16(22)19-9-7-18(8-10-19)11-12-20/h3-6,20H,2,7-12H2,1H3,(H,17,21). The molecule has 0 aromatic heterocycles. The minimum Gasteiger partial charge on any atom is -0.494 e. The summed E-state index contributed by atoms with van der Waals surface area (Å²) in [4.78, 5) is 27.8. The second kappa shape index (κ2) is 8.50. The Hall–Kier alpha value is -2.12. The van der Waals surface area contributed by atoms with Gasteiger partial charge in [-0.25, -0.2) is 0 Å². The molecule has 0 atom stereocenters. The summed E-state index contributed by atoms with van der Waals surface area (Å²) in [7, 11) is 0. The van der Waals surface area contributed by atoms with Gasteiger partial charge < -0.3 is 20.1 Å². The van der Waals surface area contributed by atoms with Crippen molar-refractivity contribution in [2.75, 3.05) is 51.3 Å². The Morgan fingerprint density at radius 2 is 1.83 bits per heavy atom. The van der Waals surface area contributed by atoms with Crippen LogP contribution < -0.4 is 10.1 Å². The number of hydrogen-bond acceptors (Lipinski definition) is 5. The molecule has 2 N–H and O–H groups in total. The van der Waals surface area contributed by atoms with Crippen LogP contribution in [0.5, 0.6) is 5.75 Å². The Morgan fingerprint density at radius 1 is 1.17 bits per heavy atom. The first kappa shape index (κ1) is 17.2. The molecule has 0 aliphatic carbocycles. The van der Waals surface area contributed by atoms with Crippen molar-refractivity contribution in [1.82, 2.24) is 9.80 Å². The lowest BCUT2D eigenvalue weighted by Gasteiger charge is -2.33. The number of ether oxygens (including phenoxy) is 1. The number of benzene rings is 1. The van der Waals surface area contributed by atoms with Crippen molar-refractivity contribution in [3.8, 4) is 5.75 Å². The molecule has 7 heteroatoms. The van der Waals surface area contributed by atoms with E-state index in [4.69, 9.17) is 9.84 Å². The highest BCUT2D eigenvalue weighted by Gasteiger charge is 2.25. The fraction of sp³-hybridized carbons (Fsp3) is 0.500. The fourth-order valence-electron chi connectivity index (χ4n) is 2.45. The molecule has 0 spiro atoms. The molecule has 1 aliphatic heterocycles. The van der Waals surface area contributed by atoms with E-state index >= 15 is 0 Å². The molecule has 0 unspecified atom stereocenters. The maximum Gasteiger partial charge on any atom is 0.313 e. The number of nitrogens with zero attached hydrogens (tertiary/aromatic N) is 2. The highest BCUT2D eigenvalue weighted by atomic mass is 16.5. The molecule has 2 amide bonds. The highest BCUT2D eigenvalue weighted by Crippen LogP contribution is 2.15. The van der Waals surface area contributed by atoms with E-state index < -0.39 is 11.8 Å². The van der Waals surface area contributed by atoms with Crippen molar-refractivity contribution in [2.24, 2.45) is 0 Å². The number of hydrogen-bond donors (Lipinski definition) is 2. The molecule has 0 bridgehead atoms. The van der Waals surface area contributed by atoms with Gasteiger partial charge >= 0.3 is 11.8 Å². The second-order valence-corrected chi connectivity index (χ2v) is 5.27. The molecule has 1 aromatic carbocycles. The molecule has 0 radical (unpaired) electrons. The van der Waals surface area contributed by atoms with Crippen molar-refractivity contribution in [3.05, 3.63) is 24.3 Å². The van der Waals surface area contributed by atoms with Gasteiger partial charge in [-0.1, -0.05) is 0 Å². The average Bonchev–Trinajstić information content (AvgIpc) is 2.57. The number of amides is 2. The first-order valence-electron chi connectivity index (χ1n) is 7.80. The minimum atomic E-state index is -0.634. The van der Waals surface area contributed by atoms with E-state index in [1.165, 1.54) is 4.90 Å². The lowest BCUT2D eigenvalue weighted by Crippen LogP contribution is -2.52. The summed E-state index contributed by atoms with van der Waals surface area (Å²) in [6.45, 7) is 5.50. The molecule has 126 valence electrons. The Kier molecular flexibility index (Phi) is 6.37. The molecule has 2 rings (SSSR count). The van der Waals surface area contributed by atoms with E-state index in [0.717, 1.165) is 5.75 Å². The van der Waals surface area contributed by atoms with Crippen LogP contribution in [0.1, 0.15) is 6.92 Å². The van der Waals surface area contributed by atoms with Gasteiger partial charge in [0.05, 0.1) is 13.2 Å². The monoisotopic (exact) mass is 321 g/mol. The van der Waals surface area contributed by atoms with Gasteiger partial charge in [-0.05, 0) is 31.2 Å². The number of β-amino-alcohol motifs (C(OH)–C–C–N with tert-alkyl or cyclic N) is 1. The zero-order valence-electron chi connectivity index (χ0n) is 13.3. The minimum absolute atomic E-state index is 0.103. The van der Waals surface area contributed by atoms with Crippen molar-refractivity contribution in [3.63, 3.8) is 0 Å². The van der Waals surface area contributed by atoms with E-state index in [1.54, 1.807) is 24.3 Å². The first-order chi connectivity index (χ1) is 11.1. The highest BCUT2D eigenvalue weighted by molar-refractivity contribution is 6.39. The lowest BCUT2D eigenvalue weighted by molar-refractivity contribution is -0.144. The van der Waals surface area contributed by atoms with E-state index in [1.807, 2.05) is 6.92 Å². The molecule has 1 aliphatic rings. The summed E-state index contributed by atoms with van der Waals surface area (Å²) >= 11 is 0. The van der Waals surface area contributed by atoms with Crippen molar-refractivity contribution in [1.29, 1.82) is 0 Å². The summed E-state index contributed by atoms with van der Waals surface area (Å²) in [5, 5.41) is 11.5. The Balaban J connectivity index is 1.84. The predicted molar refractivity (Wildman–Crippen MR) is 86.3 cm³/mol. The van der Waals surface area contributed by atoms with Gasteiger partial charge in [-0.2, -0.15) is 0 Å². The van der Waals surface area contributed by atoms with Gasteiger partial charge in [-0.15, -0.1) is 0 Å². The van der Waals surface area contributed by atoms with Crippen molar-refractivity contribution >= 4 is 17.5 Å². The Labute approximate surface area is 135 Å². The molecule has 0 saturated carbocycles. The number of aliphatic hydroxyl groups excluding tert-OH is 1. The maximum absolute atomic E-state index is 12.2. The van der Waals surface area contributed by atoms with Gasteiger partial charge in [-0.3, -0.25) is 14.5 Å². The molecular weight excluding hydrogens is 298 g/mol. The molecule has 1 saturated heterocycles. The lowest BCUT2D eigenvalue weighted by atomic mass is 10.2. The summed E-state index contributed by atoms with van der Waals surface area (Å²) in [6.07, 6.45) is 0. The normalized spacial score (nSPS) is 15.3. The van der Waals surface area contributed by atoms with Crippen LogP contribution in [0.2, 0.25) is 0 Å². The average molecular weight is 321 g/mol. The Morgan fingerprint density at radius 3 is 2.39 bits per heavy atom. The van der Waals surface area contributed by atoms with Gasteiger partial charge in [0.15, 0.2) is 0 Å². The zero-order chi connectivity index (χ0) is 16.7. The number of piperazine rings is 1. The van der Waals surface area contributed by atoms with Gasteiger partial charge in [0, 0.05) is 38.4 Å². The van der Waals surface area contributed by atoms with Crippen LogP contribution in [0.25, 0.3) is 0 Å². The SMILES string of the molecule is CCOc1ccc(NC(=O)C(=O)N2CCN(CCO)CC2)cc1. The molecule has 1 fully saturated rings. The summed E-state index contributed by atoms with van der Waals surface area (Å²) in [5.74, 6) is -0.441. The van der Waals surface area contributed by atoms with Crippen LogP contribution in [0, 0.1) is 0 Å². The van der Waals surface area contributed by atoms with E-state index in [0.29, 0.717) is 45.0 Å². The largest absolute Gasteiger partial charge is 0.494 e. The number of rotatable bonds is 5. The van der Waals surface area contributed by atoms with Crippen LogP contribution >= 0.6 is 0 Å². The number of aliphatic hydroxyl groups is 1. The predicted octanol–water partition coefficient (Wildman–Crippen LogP) is 0.160. The molecule has 7 nitrogen and oxygen atoms in total. The molecule has 1 aromatic rings. The van der Waals surface area contributed by atoms with Crippen LogP contribution in [-0.4, -0.2) is 72.7 Å². The van der Waals surface area contributed by atoms with Crippen molar-refractivity contribution in [2.45, 2.75) is 6.92 Å². The topological polar surface area (TPSA) is 82.1 Å². The van der Waals surface area contributed by atoms with E-state index in [9.17, 15) is 9.59 Å². The Bertz CT molecular complexity index is 525. The third-order valence-corrected chi connectivity index (χ3v) is 3.69. The van der Waals surface area contributed by atoms with E-state index in [-0.39, 0.29) is 6.61 Å². The second-order valence-electron chi connectivity index (χ2n) is 5.27. The third-order valence-electron chi connectivity index (χ3n) is 3.69. The van der Waals surface area contributed by atoms with Crippen LogP contribution in [0.4, 0.5) is 5.69 Å². The summed E-state index contributed by atoms with van der Waals surface area (Å²) in [6, 6.07) is 6.90. The molecule has 1 heterocycles. The van der Waals surface area contributed by atoms with Gasteiger partial charge in [0.25, 0.3) is 0 Å². The third kappa shape index (κ3) is 4.94. The van der Waals surface area contributed by atoms with Crippen molar-refractivity contribution < 1.29 is 19.4 Å². The quantitative estimate of drug-likeness (QED) is 0.755. The zero-order valence-corrected chi connectivity index (χ0v) is 13.3. The molecular formula is C16H23N3O4. The van der Waals surface area contributed by atoms with Crippen LogP contribution in [0.15, 0.2) is 24.3 Å². The molecule has 23 heavy (non-hydrogen) atoms. The maximum atomic E-state index is 12.2. The van der Waals surface area contributed by atoms with Gasteiger partial charge in [0.1, 0.15) is 5.75 Å². The van der Waals surface area contributed by atoms with Crippen LogP contribution in [-0.2, 0) is 9.59 Å². The smallest absolute Gasteiger partial charge is 0.313 e. The number of carbonyl (C=O) groups excluding carboxylic acids is 2. The first-order valence-corrected chi connectivity index (χ1v) is 7.80.